The quantitative estimate of drug-likeness (QED) is 0.355. The number of hydrogen-bond acceptors (Lipinski definition) is 7. The Balaban J connectivity index is 2.04. The minimum Gasteiger partial charge on any atom is -0.486 e. The molecule has 0 unspecified atom stereocenters. The van der Waals surface area contributed by atoms with E-state index in [9.17, 15) is 48.7 Å². The number of fused-ring (bicyclic) bond motifs is 1. The molecule has 2 aromatic rings. The molecular weight excluding hydrogens is 581 g/mol. The molecule has 220 valence electrons. The fourth-order valence-electron chi connectivity index (χ4n) is 3.44. The summed E-state index contributed by atoms with van der Waals surface area (Å²) in [5.41, 5.74) is -5.36. The van der Waals surface area contributed by atoms with Crippen molar-refractivity contribution in [1.82, 2.24) is 0 Å². The van der Waals surface area contributed by atoms with Crippen LogP contribution >= 0.6 is 0 Å². The van der Waals surface area contributed by atoms with Crippen LogP contribution < -0.4 is 14.4 Å². The van der Waals surface area contributed by atoms with Crippen molar-refractivity contribution in [3.8, 4) is 5.75 Å². The molecule has 0 fully saturated rings. The van der Waals surface area contributed by atoms with E-state index in [1.165, 1.54) is 0 Å². The summed E-state index contributed by atoms with van der Waals surface area (Å²) in [6.45, 7) is 0.556. The predicted octanol–water partition coefficient (Wildman–Crippen LogP) is 5.25. The molecular formula is C23H21F7N2O7S. The van der Waals surface area contributed by atoms with E-state index in [2.05, 4.69) is 9.47 Å². The van der Waals surface area contributed by atoms with Crippen molar-refractivity contribution in [3.05, 3.63) is 47.8 Å². The maximum absolute atomic E-state index is 13.8. The molecule has 1 N–H and O–H groups in total. The Hall–Kier alpha value is -3.76. The number of halogens is 7. The van der Waals surface area contributed by atoms with Gasteiger partial charge in [-0.1, -0.05) is 0 Å². The highest BCUT2D eigenvalue weighted by atomic mass is 32.2. The summed E-state index contributed by atoms with van der Waals surface area (Å²) in [5, 5.41) is 2.01. The van der Waals surface area contributed by atoms with E-state index in [-0.39, 0.29) is 23.2 Å². The van der Waals surface area contributed by atoms with Crippen molar-refractivity contribution >= 4 is 33.5 Å². The smallest absolute Gasteiger partial charge is 0.427 e. The summed E-state index contributed by atoms with van der Waals surface area (Å²) in [6.07, 6.45) is -13.4. The molecule has 0 bridgehead atoms. The Bertz CT molecular complexity index is 1410. The van der Waals surface area contributed by atoms with Gasteiger partial charge in [0.05, 0.1) is 36.2 Å². The van der Waals surface area contributed by atoms with Crippen molar-refractivity contribution in [1.29, 1.82) is 0 Å². The van der Waals surface area contributed by atoms with E-state index >= 15 is 0 Å². The number of rotatable bonds is 6. The van der Waals surface area contributed by atoms with Gasteiger partial charge in [-0.3, -0.25) is 14.4 Å². The van der Waals surface area contributed by atoms with Gasteiger partial charge in [0.1, 0.15) is 17.7 Å². The molecule has 0 saturated heterocycles. The van der Waals surface area contributed by atoms with Crippen LogP contribution in [0.4, 0.5) is 46.9 Å². The SMILES string of the molecule is COC(=O)C[C@H]1CN(S(=O)(=O)c2ccc(F)c(C(F)(F)F)c2)c2cc(NC(=O)OC(C)(C)C(F)(F)F)ccc2O1. The zero-order valence-electron chi connectivity index (χ0n) is 20.8. The number of esters is 1. The summed E-state index contributed by atoms with van der Waals surface area (Å²) in [5.74, 6) is -2.74. The third kappa shape index (κ3) is 6.51. The topological polar surface area (TPSA) is 111 Å². The predicted molar refractivity (Wildman–Crippen MR) is 124 cm³/mol. The standard InChI is InChI=1S/C23H21F7N2O7S/c1-21(2,23(28,29)30)39-20(34)31-12-4-7-18-17(8-12)32(11-13(38-18)9-19(33)37-3)40(35,36)14-5-6-16(24)15(10-14)22(25,26)27/h4-8,10,13H,9,11H2,1-3H3,(H,31,34)/t13-/m0/s1. The third-order valence-corrected chi connectivity index (χ3v) is 7.40. The first-order chi connectivity index (χ1) is 18.3. The van der Waals surface area contributed by atoms with Crippen LogP contribution in [0, 0.1) is 5.82 Å². The number of methoxy groups -OCH3 is 1. The molecule has 0 aliphatic carbocycles. The summed E-state index contributed by atoms with van der Waals surface area (Å²) >= 11 is 0. The lowest BCUT2D eigenvalue weighted by molar-refractivity contribution is -0.242. The number of benzene rings is 2. The number of carbonyl (C=O) groups excluding carboxylic acids is 2. The number of nitrogens with zero attached hydrogens (tertiary/aromatic N) is 1. The van der Waals surface area contributed by atoms with Crippen LogP contribution in [-0.4, -0.2) is 52.0 Å². The number of alkyl halides is 6. The number of hydrogen-bond donors (Lipinski definition) is 1. The zero-order valence-corrected chi connectivity index (χ0v) is 21.6. The van der Waals surface area contributed by atoms with Crippen LogP contribution in [0.5, 0.6) is 5.75 Å². The number of carbonyl (C=O) groups is 2. The summed E-state index contributed by atoms with van der Waals surface area (Å²) < 4.78 is 135. The van der Waals surface area contributed by atoms with Crippen LogP contribution in [0.25, 0.3) is 0 Å². The number of ether oxygens (including phenoxy) is 3. The molecule has 40 heavy (non-hydrogen) atoms. The fourth-order valence-corrected chi connectivity index (χ4v) is 4.96. The van der Waals surface area contributed by atoms with Gasteiger partial charge in [-0.05, 0) is 50.2 Å². The first kappa shape index (κ1) is 30.8. The molecule has 0 aromatic heterocycles. The van der Waals surface area contributed by atoms with Gasteiger partial charge >= 0.3 is 24.4 Å². The third-order valence-electron chi connectivity index (χ3n) is 5.62. The molecule has 9 nitrogen and oxygen atoms in total. The van der Waals surface area contributed by atoms with Crippen LogP contribution in [0.3, 0.4) is 0 Å². The Kier molecular flexibility index (Phi) is 8.21. The Morgan fingerprint density at radius 2 is 1.73 bits per heavy atom. The van der Waals surface area contributed by atoms with Crippen LogP contribution in [0.1, 0.15) is 25.8 Å². The van der Waals surface area contributed by atoms with Gasteiger partial charge in [0.25, 0.3) is 10.0 Å². The molecule has 1 aliphatic rings. The lowest BCUT2D eigenvalue weighted by Crippen LogP contribution is -2.45. The molecule has 3 rings (SSSR count). The molecule has 0 saturated carbocycles. The van der Waals surface area contributed by atoms with Crippen molar-refractivity contribution in [2.75, 3.05) is 23.3 Å². The Morgan fingerprint density at radius 1 is 1.07 bits per heavy atom. The second kappa shape index (κ2) is 10.7. The monoisotopic (exact) mass is 602 g/mol. The molecule has 1 atom stereocenters. The van der Waals surface area contributed by atoms with Gasteiger partial charge in [-0.15, -0.1) is 0 Å². The zero-order chi connectivity index (χ0) is 30.3. The van der Waals surface area contributed by atoms with E-state index < -0.39 is 75.4 Å². The molecule has 17 heteroatoms. The normalized spacial score (nSPS) is 16.1. The van der Waals surface area contributed by atoms with Crippen molar-refractivity contribution in [3.63, 3.8) is 0 Å². The van der Waals surface area contributed by atoms with Crippen molar-refractivity contribution < 1.29 is 63.0 Å². The van der Waals surface area contributed by atoms with Gasteiger partial charge in [0, 0.05) is 5.69 Å². The highest BCUT2D eigenvalue weighted by Gasteiger charge is 2.51. The lowest BCUT2D eigenvalue weighted by atomic mass is 10.1. The summed E-state index contributed by atoms with van der Waals surface area (Å²) in [6, 6.07) is 4.19. The lowest BCUT2D eigenvalue weighted by Gasteiger charge is -2.35. The second-order valence-electron chi connectivity index (χ2n) is 8.90. The first-order valence-electron chi connectivity index (χ1n) is 11.1. The van der Waals surface area contributed by atoms with Crippen LogP contribution in [0.2, 0.25) is 0 Å². The Morgan fingerprint density at radius 3 is 2.30 bits per heavy atom. The fraction of sp³-hybridized carbons (Fsp3) is 0.391. The molecule has 0 spiro atoms. The van der Waals surface area contributed by atoms with E-state index in [4.69, 9.17) is 4.74 Å². The highest BCUT2D eigenvalue weighted by molar-refractivity contribution is 7.92. The number of sulfonamides is 1. The van der Waals surface area contributed by atoms with Crippen LogP contribution in [-0.2, 0) is 30.5 Å². The average Bonchev–Trinajstić information content (AvgIpc) is 2.81. The molecule has 1 amide bonds. The van der Waals surface area contributed by atoms with Crippen molar-refractivity contribution in [2.45, 2.75) is 49.2 Å². The van der Waals surface area contributed by atoms with Gasteiger partial charge in [0.15, 0.2) is 0 Å². The molecule has 1 heterocycles. The van der Waals surface area contributed by atoms with Gasteiger partial charge < -0.3 is 14.2 Å². The summed E-state index contributed by atoms with van der Waals surface area (Å²) in [4.78, 5) is 23.0. The summed E-state index contributed by atoms with van der Waals surface area (Å²) in [7, 11) is -3.84. The molecule has 0 radical (unpaired) electrons. The van der Waals surface area contributed by atoms with E-state index in [0.29, 0.717) is 30.3 Å². The van der Waals surface area contributed by atoms with Crippen LogP contribution in [0.15, 0.2) is 41.3 Å². The minimum atomic E-state index is -5.23. The van der Waals surface area contributed by atoms with E-state index in [0.717, 1.165) is 25.3 Å². The van der Waals surface area contributed by atoms with Gasteiger partial charge in [-0.25, -0.2) is 17.6 Å². The maximum atomic E-state index is 13.8. The number of amides is 1. The van der Waals surface area contributed by atoms with Crippen molar-refractivity contribution in [2.24, 2.45) is 0 Å². The highest BCUT2D eigenvalue weighted by Crippen LogP contribution is 2.41. The molecule has 2 aromatic carbocycles. The first-order valence-corrected chi connectivity index (χ1v) is 12.5. The van der Waals surface area contributed by atoms with E-state index in [1.807, 2.05) is 5.32 Å². The second-order valence-corrected chi connectivity index (χ2v) is 10.8. The maximum Gasteiger partial charge on any atom is 0.427 e. The number of anilines is 2. The van der Waals surface area contributed by atoms with Gasteiger partial charge in [0.2, 0.25) is 5.60 Å². The Labute approximate surface area is 222 Å². The molecule has 1 aliphatic heterocycles. The largest absolute Gasteiger partial charge is 0.486 e. The van der Waals surface area contributed by atoms with E-state index in [1.54, 1.807) is 0 Å². The minimum absolute atomic E-state index is 0.0911. The number of nitrogens with one attached hydrogen (secondary N) is 1. The average molecular weight is 602 g/mol. The van der Waals surface area contributed by atoms with Gasteiger partial charge in [-0.2, -0.15) is 26.3 Å².